The number of carboxylic acid groups (broad SMARTS) is 1. The summed E-state index contributed by atoms with van der Waals surface area (Å²) < 4.78 is 48.1. The maximum absolute atomic E-state index is 13.8. The zero-order valence-corrected chi connectivity index (χ0v) is 26.8. The molecule has 4 N–H and O–H groups in total. The van der Waals surface area contributed by atoms with Gasteiger partial charge in [-0.15, -0.1) is 0 Å². The van der Waals surface area contributed by atoms with Crippen LogP contribution in [0.25, 0.3) is 0 Å². The van der Waals surface area contributed by atoms with Gasteiger partial charge >= 0.3 is 6.09 Å². The third kappa shape index (κ3) is 8.53. The first-order valence-corrected chi connectivity index (χ1v) is 17.2. The highest BCUT2D eigenvalue weighted by molar-refractivity contribution is 7.89. The van der Waals surface area contributed by atoms with Gasteiger partial charge in [-0.25, -0.2) is 13.2 Å². The van der Waals surface area contributed by atoms with Gasteiger partial charge in [0.05, 0.1) is 36.3 Å². The molecular weight excluding hydrogens is 600 g/mol. The van der Waals surface area contributed by atoms with Crippen LogP contribution < -0.4 is 10.0 Å². The summed E-state index contributed by atoms with van der Waals surface area (Å²) in [6, 6.07) is 14.1. The van der Waals surface area contributed by atoms with E-state index >= 15 is 0 Å². The van der Waals surface area contributed by atoms with Crippen molar-refractivity contribution in [2.75, 3.05) is 45.7 Å². The number of rotatable bonds is 15. The second-order valence-electron chi connectivity index (χ2n) is 12.4. The molecular formula is C32H46N4O8S. The van der Waals surface area contributed by atoms with Crippen molar-refractivity contribution in [3.8, 4) is 0 Å². The summed E-state index contributed by atoms with van der Waals surface area (Å²) in [7, 11) is -0.278. The predicted molar refractivity (Wildman–Crippen MR) is 168 cm³/mol. The Labute approximate surface area is 265 Å². The highest BCUT2D eigenvalue weighted by atomic mass is 32.2. The van der Waals surface area contributed by atoms with Crippen molar-refractivity contribution in [2.45, 2.75) is 80.2 Å². The van der Waals surface area contributed by atoms with E-state index in [4.69, 9.17) is 14.2 Å². The monoisotopic (exact) mass is 646 g/mol. The zero-order valence-electron chi connectivity index (χ0n) is 26.0. The van der Waals surface area contributed by atoms with E-state index < -0.39 is 46.8 Å². The number of aliphatic hydroxyl groups is 1. The highest BCUT2D eigenvalue weighted by Crippen LogP contribution is 2.36. The van der Waals surface area contributed by atoms with Crippen LogP contribution >= 0.6 is 0 Å². The molecule has 12 nitrogen and oxygen atoms in total. The fraction of sp³-hybridized carbons (Fsp3) is 0.594. The van der Waals surface area contributed by atoms with E-state index in [9.17, 15) is 23.4 Å². The van der Waals surface area contributed by atoms with Gasteiger partial charge in [-0.1, -0.05) is 49.2 Å². The third-order valence-corrected chi connectivity index (χ3v) is 10.3. The van der Waals surface area contributed by atoms with E-state index in [1.54, 1.807) is 12.1 Å². The zero-order chi connectivity index (χ0) is 32.0. The van der Waals surface area contributed by atoms with E-state index in [-0.39, 0.29) is 29.9 Å². The third-order valence-electron chi connectivity index (χ3n) is 8.88. The maximum Gasteiger partial charge on any atom is 0.407 e. The molecule has 0 aromatic heterocycles. The quantitative estimate of drug-likeness (QED) is 0.213. The minimum absolute atomic E-state index is 0.00872. The van der Waals surface area contributed by atoms with Crippen molar-refractivity contribution in [2.24, 2.45) is 5.92 Å². The minimum Gasteiger partial charge on any atom is -0.465 e. The molecule has 2 heterocycles. The number of likely N-dealkylation sites (N-methyl/N-ethyl adjacent to an activating group) is 1. The van der Waals surface area contributed by atoms with Crippen LogP contribution in [-0.2, 0) is 30.7 Å². The Kier molecular flexibility index (Phi) is 11.3. The highest BCUT2D eigenvalue weighted by Gasteiger charge is 2.50. The molecule has 2 saturated heterocycles. The lowest BCUT2D eigenvalue weighted by Crippen LogP contribution is -2.61. The van der Waals surface area contributed by atoms with Crippen molar-refractivity contribution in [3.05, 3.63) is 60.2 Å². The van der Waals surface area contributed by atoms with Crippen LogP contribution in [0.3, 0.4) is 0 Å². The van der Waals surface area contributed by atoms with Gasteiger partial charge in [0.1, 0.15) is 12.3 Å². The minimum atomic E-state index is -4.19. The Hall–Kier alpha value is -2.78. The summed E-state index contributed by atoms with van der Waals surface area (Å²) in [5.74, 6) is -0.194. The molecule has 5 rings (SSSR count). The Morgan fingerprint density at radius 1 is 1.07 bits per heavy atom. The number of aliphatic hydroxyl groups excluding tert-OH is 1. The van der Waals surface area contributed by atoms with Crippen molar-refractivity contribution >= 4 is 21.8 Å². The number of carbonyl (C=O) groups is 1. The molecule has 248 valence electrons. The van der Waals surface area contributed by atoms with Gasteiger partial charge in [-0.3, -0.25) is 4.90 Å². The van der Waals surface area contributed by atoms with E-state index in [2.05, 4.69) is 10.0 Å². The van der Waals surface area contributed by atoms with Crippen molar-refractivity contribution in [1.29, 1.82) is 0 Å². The molecule has 3 fully saturated rings. The lowest BCUT2D eigenvalue weighted by atomic mass is 9.93. The summed E-state index contributed by atoms with van der Waals surface area (Å²) in [6.45, 7) is 1.97. The number of hydrogen-bond donors (Lipinski definition) is 4. The number of benzene rings is 2. The van der Waals surface area contributed by atoms with Crippen LogP contribution in [0.2, 0.25) is 0 Å². The van der Waals surface area contributed by atoms with Gasteiger partial charge in [-0.2, -0.15) is 4.72 Å². The van der Waals surface area contributed by atoms with E-state index in [1.165, 1.54) is 17.0 Å². The largest absolute Gasteiger partial charge is 0.465 e. The molecule has 2 aromatic carbocycles. The summed E-state index contributed by atoms with van der Waals surface area (Å²) in [6.07, 6.45) is -0.887. The molecule has 2 aromatic rings. The van der Waals surface area contributed by atoms with Crippen molar-refractivity contribution < 1.29 is 37.6 Å². The molecule has 3 aliphatic rings. The van der Waals surface area contributed by atoms with Gasteiger partial charge in [0.2, 0.25) is 10.0 Å². The topological polar surface area (TPSA) is 150 Å². The average Bonchev–Trinajstić information content (AvgIpc) is 3.77. The summed E-state index contributed by atoms with van der Waals surface area (Å²) in [5.41, 5.74) is 1.44. The number of nitrogens with zero attached hydrogens (tertiary/aromatic N) is 2. The van der Waals surface area contributed by atoms with Crippen LogP contribution in [0.1, 0.15) is 37.7 Å². The van der Waals surface area contributed by atoms with Crippen molar-refractivity contribution in [3.63, 3.8) is 0 Å². The van der Waals surface area contributed by atoms with E-state index in [0.717, 1.165) is 37.8 Å². The first kappa shape index (κ1) is 33.6. The van der Waals surface area contributed by atoms with Crippen LogP contribution in [-0.4, -0.2) is 112 Å². The van der Waals surface area contributed by atoms with E-state index in [0.29, 0.717) is 25.3 Å². The molecule has 1 amide bonds. The lowest BCUT2D eigenvalue weighted by Gasteiger charge is -2.41. The summed E-state index contributed by atoms with van der Waals surface area (Å²) in [5, 5.41) is 25.9. The number of sulfonamides is 1. The molecule has 2 aliphatic heterocycles. The first-order chi connectivity index (χ1) is 21.6. The van der Waals surface area contributed by atoms with Gasteiger partial charge in [-0.05, 0) is 63.5 Å². The molecule has 0 radical (unpaired) electrons. The molecule has 6 atom stereocenters. The van der Waals surface area contributed by atoms with Crippen LogP contribution in [0.4, 0.5) is 10.5 Å². The van der Waals surface area contributed by atoms with Crippen LogP contribution in [0.15, 0.2) is 59.5 Å². The number of anilines is 1. The van der Waals surface area contributed by atoms with Gasteiger partial charge in [0, 0.05) is 24.7 Å². The van der Waals surface area contributed by atoms with Crippen LogP contribution in [0, 0.1) is 5.92 Å². The molecule has 1 aliphatic carbocycles. The number of amides is 1. The van der Waals surface area contributed by atoms with Gasteiger partial charge in [0.15, 0.2) is 6.29 Å². The van der Waals surface area contributed by atoms with Crippen molar-refractivity contribution in [1.82, 2.24) is 14.5 Å². The molecule has 13 heteroatoms. The Balaban J connectivity index is 1.45. The normalized spacial score (nSPS) is 24.0. The van der Waals surface area contributed by atoms with Gasteiger partial charge in [0.25, 0.3) is 0 Å². The average molecular weight is 647 g/mol. The van der Waals surface area contributed by atoms with Gasteiger partial charge < -0.3 is 34.6 Å². The number of hydrogen-bond acceptors (Lipinski definition) is 9. The lowest BCUT2D eigenvalue weighted by molar-refractivity contribution is -0.108. The Morgan fingerprint density at radius 2 is 1.82 bits per heavy atom. The Bertz CT molecular complexity index is 1360. The summed E-state index contributed by atoms with van der Waals surface area (Å²) >= 11 is 0. The fourth-order valence-corrected chi connectivity index (χ4v) is 7.70. The fourth-order valence-electron chi connectivity index (χ4n) is 6.53. The van der Waals surface area contributed by atoms with Crippen LogP contribution in [0.5, 0.6) is 0 Å². The number of nitrogens with one attached hydrogen (secondary N) is 2. The van der Waals surface area contributed by atoms with E-state index in [1.807, 2.05) is 49.3 Å². The standard InChI is InChI=1S/C32H46N4O8S/c1-35(2)17-16-33-23-11-8-14-25(20-23)45(40,41)34-30(44-24-12-6-7-13-24)29(37)27(19-22-9-4-3-5-10-22)36(32(38)39)28-21-43-31-26(28)15-18-42-31/h3-5,8-11,14,20,24,26-31,33-34,37H,6-7,12-13,15-19,21H2,1-2H3,(H,38,39)/t26-,27+,28?,29-,30+,31+/m1/s1. The molecule has 1 saturated carbocycles. The first-order valence-electron chi connectivity index (χ1n) is 15.8. The molecule has 45 heavy (non-hydrogen) atoms. The second-order valence-corrected chi connectivity index (χ2v) is 14.1. The SMILES string of the molecule is CN(C)CCNc1cccc(S(=O)(=O)N[C@@H](OC2CCCC2)[C@H](O)[C@H](Cc2ccccc2)N(C(=O)O)C2CO[C@@H]3OCC[C@H]23)c1. The number of ether oxygens (including phenoxy) is 3. The smallest absolute Gasteiger partial charge is 0.407 e. The number of fused-ring (bicyclic) bond motifs is 1. The Morgan fingerprint density at radius 3 is 2.53 bits per heavy atom. The molecule has 1 unspecified atom stereocenters. The summed E-state index contributed by atoms with van der Waals surface area (Å²) in [4.78, 5) is 16.2. The predicted octanol–water partition coefficient (Wildman–Crippen LogP) is 2.94. The molecule has 0 spiro atoms. The second kappa shape index (κ2) is 15.2. The maximum atomic E-state index is 13.8. The molecule has 0 bridgehead atoms.